The normalized spacial score (nSPS) is 24.8. The first-order chi connectivity index (χ1) is 11.3. The summed E-state index contributed by atoms with van der Waals surface area (Å²) in [5.74, 6) is 1.87. The monoisotopic (exact) mass is 313 g/mol. The van der Waals surface area contributed by atoms with Crippen molar-refractivity contribution < 1.29 is 9.26 Å². The largest absolute Gasteiger partial charge is 0.381 e. The molecule has 2 aromatic rings. The summed E-state index contributed by atoms with van der Waals surface area (Å²) in [4.78, 5) is 7.18. The van der Waals surface area contributed by atoms with Crippen molar-refractivity contribution >= 4 is 0 Å². The number of ether oxygens (including phenoxy) is 1. The van der Waals surface area contributed by atoms with Gasteiger partial charge in [-0.2, -0.15) is 4.98 Å². The van der Waals surface area contributed by atoms with Crippen LogP contribution in [0.15, 0.2) is 34.9 Å². The Morgan fingerprint density at radius 3 is 2.65 bits per heavy atom. The lowest BCUT2D eigenvalue weighted by Gasteiger charge is -2.38. The second-order valence-corrected chi connectivity index (χ2v) is 6.77. The van der Waals surface area contributed by atoms with E-state index in [0.29, 0.717) is 6.61 Å². The van der Waals surface area contributed by atoms with Crippen molar-refractivity contribution in [3.05, 3.63) is 47.6 Å². The van der Waals surface area contributed by atoms with Gasteiger partial charge in [0.1, 0.15) is 0 Å². The van der Waals surface area contributed by atoms with Crippen LogP contribution in [0.25, 0.3) is 0 Å². The molecule has 122 valence electrons. The molecular weight excluding hydrogens is 290 g/mol. The minimum absolute atomic E-state index is 0.154. The average molecular weight is 313 g/mol. The van der Waals surface area contributed by atoms with Gasteiger partial charge in [-0.15, -0.1) is 0 Å². The summed E-state index contributed by atoms with van der Waals surface area (Å²) in [6.07, 6.45) is 3.01. The summed E-state index contributed by atoms with van der Waals surface area (Å²) in [5.41, 5.74) is 1.13. The molecule has 0 amide bonds. The minimum atomic E-state index is -0.154. The third-order valence-electron chi connectivity index (χ3n) is 5.31. The molecule has 2 saturated heterocycles. The summed E-state index contributed by atoms with van der Waals surface area (Å²) in [6.45, 7) is 3.58. The van der Waals surface area contributed by atoms with Crippen molar-refractivity contribution in [1.29, 1.82) is 0 Å². The maximum absolute atomic E-state index is 5.77. The highest BCUT2D eigenvalue weighted by Gasteiger charge is 2.42. The molecule has 0 spiro atoms. The van der Waals surface area contributed by atoms with E-state index in [1.807, 2.05) is 0 Å². The van der Waals surface area contributed by atoms with E-state index in [9.17, 15) is 0 Å². The smallest absolute Gasteiger partial charge is 0.237 e. The summed E-state index contributed by atoms with van der Waals surface area (Å²) in [5, 5.41) is 4.28. The molecule has 2 aliphatic rings. The standard InChI is InChI=1S/C18H23N3O2/c1-21-10-8-18(9-11-21,15-5-3-2-4-6-15)17-19-16(20-23-17)14-7-12-22-13-14/h2-6,14H,7-13H2,1H3/t14-/m0/s1. The predicted octanol–water partition coefficient (Wildman–Crippen LogP) is 2.59. The van der Waals surface area contributed by atoms with Crippen LogP contribution < -0.4 is 0 Å². The second-order valence-electron chi connectivity index (χ2n) is 6.77. The molecule has 2 fully saturated rings. The highest BCUT2D eigenvalue weighted by atomic mass is 16.5. The van der Waals surface area contributed by atoms with E-state index >= 15 is 0 Å². The number of aromatic nitrogens is 2. The molecular formula is C18H23N3O2. The van der Waals surface area contributed by atoms with Crippen molar-refractivity contribution in [2.24, 2.45) is 0 Å². The molecule has 1 aromatic heterocycles. The molecule has 2 aliphatic heterocycles. The van der Waals surface area contributed by atoms with E-state index in [4.69, 9.17) is 14.2 Å². The molecule has 0 bridgehead atoms. The zero-order valence-corrected chi connectivity index (χ0v) is 13.6. The van der Waals surface area contributed by atoms with Crippen LogP contribution in [-0.2, 0) is 10.2 Å². The zero-order chi connectivity index (χ0) is 15.7. The molecule has 0 saturated carbocycles. The van der Waals surface area contributed by atoms with E-state index in [0.717, 1.165) is 50.7 Å². The molecule has 5 nitrogen and oxygen atoms in total. The van der Waals surface area contributed by atoms with Crippen molar-refractivity contribution in [3.8, 4) is 0 Å². The second kappa shape index (κ2) is 6.06. The molecule has 23 heavy (non-hydrogen) atoms. The fourth-order valence-corrected chi connectivity index (χ4v) is 3.72. The number of nitrogens with zero attached hydrogens (tertiary/aromatic N) is 3. The van der Waals surface area contributed by atoms with Crippen LogP contribution in [-0.4, -0.2) is 48.4 Å². The molecule has 0 aliphatic carbocycles. The Bertz CT molecular complexity index is 641. The van der Waals surface area contributed by atoms with Gasteiger partial charge in [0.15, 0.2) is 5.82 Å². The van der Waals surface area contributed by atoms with Crippen molar-refractivity contribution in [1.82, 2.24) is 15.0 Å². The maximum Gasteiger partial charge on any atom is 0.237 e. The van der Waals surface area contributed by atoms with Crippen LogP contribution in [0.2, 0.25) is 0 Å². The third-order valence-corrected chi connectivity index (χ3v) is 5.31. The molecule has 0 unspecified atom stereocenters. The Labute approximate surface area is 136 Å². The topological polar surface area (TPSA) is 51.4 Å². The Morgan fingerprint density at radius 2 is 1.96 bits per heavy atom. The van der Waals surface area contributed by atoms with Crippen LogP contribution in [0, 0.1) is 0 Å². The van der Waals surface area contributed by atoms with Crippen molar-refractivity contribution in [2.75, 3.05) is 33.4 Å². The molecule has 4 rings (SSSR count). The SMILES string of the molecule is CN1CCC(c2ccccc2)(c2nc([C@H]3CCOC3)no2)CC1. The van der Waals surface area contributed by atoms with Crippen LogP contribution in [0.5, 0.6) is 0 Å². The number of hydrogen-bond acceptors (Lipinski definition) is 5. The van der Waals surface area contributed by atoms with Gasteiger partial charge in [-0.25, -0.2) is 0 Å². The number of likely N-dealkylation sites (tertiary alicyclic amines) is 1. The summed E-state index contributed by atoms with van der Waals surface area (Å²) in [6, 6.07) is 10.6. The average Bonchev–Trinajstić information content (AvgIpc) is 3.28. The Hall–Kier alpha value is -1.72. The van der Waals surface area contributed by atoms with Gasteiger partial charge >= 0.3 is 0 Å². The summed E-state index contributed by atoms with van der Waals surface area (Å²) in [7, 11) is 2.17. The van der Waals surface area contributed by atoms with Gasteiger partial charge in [-0.1, -0.05) is 35.5 Å². The van der Waals surface area contributed by atoms with Crippen LogP contribution in [0.3, 0.4) is 0 Å². The fourth-order valence-electron chi connectivity index (χ4n) is 3.72. The first-order valence-electron chi connectivity index (χ1n) is 8.44. The minimum Gasteiger partial charge on any atom is -0.381 e. The third kappa shape index (κ3) is 2.68. The Morgan fingerprint density at radius 1 is 1.17 bits per heavy atom. The van der Waals surface area contributed by atoms with Gasteiger partial charge in [0.2, 0.25) is 5.89 Å². The quantitative estimate of drug-likeness (QED) is 0.872. The molecule has 5 heteroatoms. The number of rotatable bonds is 3. The predicted molar refractivity (Wildman–Crippen MR) is 86.4 cm³/mol. The summed E-state index contributed by atoms with van der Waals surface area (Å²) >= 11 is 0. The van der Waals surface area contributed by atoms with Crippen LogP contribution >= 0.6 is 0 Å². The van der Waals surface area contributed by atoms with Crippen LogP contribution in [0.4, 0.5) is 0 Å². The Balaban J connectivity index is 1.71. The molecule has 3 heterocycles. The lowest BCUT2D eigenvalue weighted by Crippen LogP contribution is -2.41. The first kappa shape index (κ1) is 14.8. The van der Waals surface area contributed by atoms with Gasteiger partial charge < -0.3 is 14.2 Å². The number of hydrogen-bond donors (Lipinski definition) is 0. The number of piperidine rings is 1. The van der Waals surface area contributed by atoms with E-state index in [1.165, 1.54) is 5.56 Å². The highest BCUT2D eigenvalue weighted by Crippen LogP contribution is 2.41. The lowest BCUT2D eigenvalue weighted by atomic mass is 9.72. The van der Waals surface area contributed by atoms with Gasteiger partial charge in [0.05, 0.1) is 12.0 Å². The van der Waals surface area contributed by atoms with Gasteiger partial charge in [-0.3, -0.25) is 0 Å². The Kier molecular flexibility index (Phi) is 3.91. The molecule has 0 N–H and O–H groups in total. The molecule has 1 aromatic carbocycles. The van der Waals surface area contributed by atoms with Crippen molar-refractivity contribution in [3.63, 3.8) is 0 Å². The van der Waals surface area contributed by atoms with E-state index in [-0.39, 0.29) is 11.3 Å². The highest BCUT2D eigenvalue weighted by molar-refractivity contribution is 5.33. The maximum atomic E-state index is 5.77. The van der Waals surface area contributed by atoms with Gasteiger partial charge in [0.25, 0.3) is 0 Å². The van der Waals surface area contributed by atoms with Gasteiger partial charge in [0, 0.05) is 12.5 Å². The first-order valence-corrected chi connectivity index (χ1v) is 8.44. The molecule has 0 radical (unpaired) electrons. The molecule has 1 atom stereocenters. The van der Waals surface area contributed by atoms with E-state index in [2.05, 4.69) is 47.4 Å². The zero-order valence-electron chi connectivity index (χ0n) is 13.6. The van der Waals surface area contributed by atoms with Crippen molar-refractivity contribution in [2.45, 2.75) is 30.6 Å². The van der Waals surface area contributed by atoms with E-state index < -0.39 is 0 Å². The van der Waals surface area contributed by atoms with Gasteiger partial charge in [-0.05, 0) is 45.0 Å². The van der Waals surface area contributed by atoms with Crippen LogP contribution in [0.1, 0.15) is 42.5 Å². The lowest BCUT2D eigenvalue weighted by molar-refractivity contribution is 0.179. The summed E-state index contributed by atoms with van der Waals surface area (Å²) < 4.78 is 11.2. The van der Waals surface area contributed by atoms with E-state index in [1.54, 1.807) is 0 Å². The number of benzene rings is 1. The fraction of sp³-hybridized carbons (Fsp3) is 0.556.